The van der Waals surface area contributed by atoms with E-state index >= 15 is 0 Å². The number of hydrogen-bond acceptors (Lipinski definition) is 3. The molecule has 1 fully saturated rings. The van der Waals surface area contributed by atoms with Gasteiger partial charge in [0, 0.05) is 39.3 Å². The summed E-state index contributed by atoms with van der Waals surface area (Å²) in [6, 6.07) is 0.287. The minimum atomic E-state index is -0.816. The van der Waals surface area contributed by atoms with Crippen LogP contribution < -0.4 is 0 Å². The van der Waals surface area contributed by atoms with E-state index in [1.165, 1.54) is 4.90 Å². The van der Waals surface area contributed by atoms with Gasteiger partial charge in [0.05, 0.1) is 6.61 Å². The highest BCUT2D eigenvalue weighted by atomic mass is 16.5. The molecule has 0 saturated carbocycles. The summed E-state index contributed by atoms with van der Waals surface area (Å²) in [6.45, 7) is 5.63. The van der Waals surface area contributed by atoms with Crippen LogP contribution in [-0.4, -0.2) is 66.9 Å². The Bertz CT molecular complexity index is 198. The Balaban J connectivity index is 2.35. The fraction of sp³-hybridized carbons (Fsp3) is 0.889. The average Bonchev–Trinajstić information content (AvgIpc) is 2.15. The Morgan fingerprint density at radius 2 is 2.29 bits per heavy atom. The van der Waals surface area contributed by atoms with E-state index in [4.69, 9.17) is 9.84 Å². The van der Waals surface area contributed by atoms with Gasteiger partial charge in [-0.05, 0) is 6.92 Å². The number of piperazine rings is 1. The summed E-state index contributed by atoms with van der Waals surface area (Å²) in [5.41, 5.74) is 0. The molecule has 1 saturated heterocycles. The number of methoxy groups -OCH3 is 1. The maximum Gasteiger partial charge on any atom is 0.407 e. The van der Waals surface area contributed by atoms with Crippen LogP contribution in [0.15, 0.2) is 0 Å². The fourth-order valence-corrected chi connectivity index (χ4v) is 1.71. The standard InChI is InChI=1S/C9H18N2O3/c1-8-7-11(9(12)13)4-3-10(8)5-6-14-2/h8H,3-7H2,1-2H3,(H,12,13). The fourth-order valence-electron chi connectivity index (χ4n) is 1.71. The van der Waals surface area contributed by atoms with Crippen molar-refractivity contribution in [1.29, 1.82) is 0 Å². The van der Waals surface area contributed by atoms with Gasteiger partial charge in [0.15, 0.2) is 0 Å². The van der Waals surface area contributed by atoms with Gasteiger partial charge in [-0.2, -0.15) is 0 Å². The van der Waals surface area contributed by atoms with E-state index in [1.54, 1.807) is 7.11 Å². The molecular weight excluding hydrogens is 184 g/mol. The molecular formula is C9H18N2O3. The highest BCUT2D eigenvalue weighted by Gasteiger charge is 2.25. The summed E-state index contributed by atoms with van der Waals surface area (Å²) in [4.78, 5) is 14.4. The summed E-state index contributed by atoms with van der Waals surface area (Å²) < 4.78 is 5.00. The first-order valence-corrected chi connectivity index (χ1v) is 4.86. The normalized spacial score (nSPS) is 23.9. The van der Waals surface area contributed by atoms with E-state index in [0.717, 1.165) is 13.1 Å². The second-order valence-electron chi connectivity index (χ2n) is 3.61. The molecule has 82 valence electrons. The molecule has 14 heavy (non-hydrogen) atoms. The molecule has 1 heterocycles. The van der Waals surface area contributed by atoms with Crippen molar-refractivity contribution in [2.75, 3.05) is 39.9 Å². The third kappa shape index (κ3) is 2.85. The van der Waals surface area contributed by atoms with Crippen molar-refractivity contribution in [2.45, 2.75) is 13.0 Å². The van der Waals surface area contributed by atoms with Crippen molar-refractivity contribution >= 4 is 6.09 Å². The van der Waals surface area contributed by atoms with Crippen LogP contribution in [-0.2, 0) is 4.74 Å². The lowest BCUT2D eigenvalue weighted by molar-refractivity contribution is 0.0573. The van der Waals surface area contributed by atoms with Gasteiger partial charge >= 0.3 is 6.09 Å². The zero-order chi connectivity index (χ0) is 10.6. The Morgan fingerprint density at radius 1 is 1.57 bits per heavy atom. The van der Waals surface area contributed by atoms with E-state index in [2.05, 4.69) is 4.90 Å². The monoisotopic (exact) mass is 202 g/mol. The summed E-state index contributed by atoms with van der Waals surface area (Å²) >= 11 is 0. The topological polar surface area (TPSA) is 53.0 Å². The highest BCUT2D eigenvalue weighted by molar-refractivity contribution is 5.65. The van der Waals surface area contributed by atoms with Crippen LogP contribution in [0.1, 0.15) is 6.92 Å². The predicted molar refractivity (Wildman–Crippen MR) is 52.5 cm³/mol. The van der Waals surface area contributed by atoms with Gasteiger partial charge in [-0.15, -0.1) is 0 Å². The molecule has 1 aliphatic heterocycles. The molecule has 5 nitrogen and oxygen atoms in total. The quantitative estimate of drug-likeness (QED) is 0.716. The minimum Gasteiger partial charge on any atom is -0.465 e. The van der Waals surface area contributed by atoms with E-state index in [1.807, 2.05) is 6.92 Å². The summed E-state index contributed by atoms with van der Waals surface area (Å²) in [5, 5.41) is 8.80. The second kappa shape index (κ2) is 5.17. The van der Waals surface area contributed by atoms with Crippen molar-refractivity contribution in [3.05, 3.63) is 0 Å². The van der Waals surface area contributed by atoms with Gasteiger partial charge in [-0.1, -0.05) is 0 Å². The minimum absolute atomic E-state index is 0.287. The number of hydrogen-bond donors (Lipinski definition) is 1. The van der Waals surface area contributed by atoms with Gasteiger partial charge < -0.3 is 14.7 Å². The molecule has 0 aromatic carbocycles. The lowest BCUT2D eigenvalue weighted by Gasteiger charge is -2.38. The maximum atomic E-state index is 10.7. The van der Waals surface area contributed by atoms with Crippen LogP contribution in [0.5, 0.6) is 0 Å². The lowest BCUT2D eigenvalue weighted by Crippen LogP contribution is -2.53. The van der Waals surface area contributed by atoms with Crippen LogP contribution in [0.4, 0.5) is 4.79 Å². The first kappa shape index (κ1) is 11.3. The zero-order valence-corrected chi connectivity index (χ0v) is 8.77. The molecule has 0 aliphatic carbocycles. The Hall–Kier alpha value is -0.810. The number of ether oxygens (including phenoxy) is 1. The van der Waals surface area contributed by atoms with Crippen LogP contribution in [0, 0.1) is 0 Å². The number of nitrogens with zero attached hydrogens (tertiary/aromatic N) is 2. The zero-order valence-electron chi connectivity index (χ0n) is 8.77. The summed E-state index contributed by atoms with van der Waals surface area (Å²) in [7, 11) is 1.68. The molecule has 0 bridgehead atoms. The maximum absolute atomic E-state index is 10.7. The van der Waals surface area contributed by atoms with Crippen molar-refractivity contribution in [3.8, 4) is 0 Å². The third-order valence-electron chi connectivity index (χ3n) is 2.62. The average molecular weight is 202 g/mol. The summed E-state index contributed by atoms with van der Waals surface area (Å²) in [6.07, 6.45) is -0.816. The predicted octanol–water partition coefficient (Wildman–Crippen LogP) is 0.317. The Labute approximate surface area is 84.2 Å². The van der Waals surface area contributed by atoms with Crippen LogP contribution in [0.2, 0.25) is 0 Å². The molecule has 1 aliphatic rings. The van der Waals surface area contributed by atoms with Crippen molar-refractivity contribution < 1.29 is 14.6 Å². The molecule has 5 heteroatoms. The molecule has 1 unspecified atom stereocenters. The molecule has 0 aromatic heterocycles. The second-order valence-corrected chi connectivity index (χ2v) is 3.61. The van der Waals surface area contributed by atoms with E-state index in [9.17, 15) is 4.79 Å². The smallest absolute Gasteiger partial charge is 0.407 e. The van der Waals surface area contributed by atoms with Crippen molar-refractivity contribution in [1.82, 2.24) is 9.80 Å². The summed E-state index contributed by atoms with van der Waals surface area (Å²) in [5.74, 6) is 0. The number of carbonyl (C=O) groups is 1. The first-order valence-electron chi connectivity index (χ1n) is 4.86. The molecule has 0 radical (unpaired) electrons. The number of amides is 1. The largest absolute Gasteiger partial charge is 0.465 e. The third-order valence-corrected chi connectivity index (χ3v) is 2.62. The Morgan fingerprint density at radius 3 is 2.79 bits per heavy atom. The molecule has 1 rings (SSSR count). The SMILES string of the molecule is COCCN1CCN(C(=O)O)CC1C. The van der Waals surface area contributed by atoms with E-state index in [-0.39, 0.29) is 6.04 Å². The van der Waals surface area contributed by atoms with Crippen LogP contribution in [0.25, 0.3) is 0 Å². The lowest BCUT2D eigenvalue weighted by atomic mass is 10.2. The van der Waals surface area contributed by atoms with Crippen LogP contribution in [0.3, 0.4) is 0 Å². The molecule has 0 aromatic rings. The number of carboxylic acid groups (broad SMARTS) is 1. The Kier molecular flexibility index (Phi) is 4.16. The highest BCUT2D eigenvalue weighted by Crippen LogP contribution is 2.08. The molecule has 1 amide bonds. The van der Waals surface area contributed by atoms with E-state index in [0.29, 0.717) is 19.7 Å². The van der Waals surface area contributed by atoms with Gasteiger partial charge in [0.2, 0.25) is 0 Å². The van der Waals surface area contributed by atoms with Gasteiger partial charge in [-0.25, -0.2) is 4.79 Å². The van der Waals surface area contributed by atoms with E-state index < -0.39 is 6.09 Å². The van der Waals surface area contributed by atoms with Crippen molar-refractivity contribution in [2.24, 2.45) is 0 Å². The molecule has 1 atom stereocenters. The van der Waals surface area contributed by atoms with Gasteiger partial charge in [-0.3, -0.25) is 4.90 Å². The van der Waals surface area contributed by atoms with Crippen LogP contribution >= 0.6 is 0 Å². The molecule has 1 N–H and O–H groups in total. The molecule has 0 spiro atoms. The number of rotatable bonds is 3. The first-order chi connectivity index (χ1) is 6.65. The van der Waals surface area contributed by atoms with Gasteiger partial charge in [0.25, 0.3) is 0 Å². The van der Waals surface area contributed by atoms with Gasteiger partial charge in [0.1, 0.15) is 0 Å². The van der Waals surface area contributed by atoms with Crippen molar-refractivity contribution in [3.63, 3.8) is 0 Å².